The first-order chi connectivity index (χ1) is 8.49. The minimum absolute atomic E-state index is 0.0708. The van der Waals surface area contributed by atoms with E-state index in [0.29, 0.717) is 23.2 Å². The summed E-state index contributed by atoms with van der Waals surface area (Å²) in [5.74, 6) is 1.85. The Morgan fingerprint density at radius 1 is 1.33 bits per heavy atom. The summed E-state index contributed by atoms with van der Waals surface area (Å²) in [6.07, 6.45) is 6.87. The molecular weight excluding hydrogens is 292 g/mol. The van der Waals surface area contributed by atoms with E-state index >= 15 is 0 Å². The molecule has 0 radical (unpaired) electrons. The van der Waals surface area contributed by atoms with E-state index in [0.717, 1.165) is 12.8 Å². The third-order valence-corrected chi connectivity index (χ3v) is 6.34. The third kappa shape index (κ3) is 2.64. The molecule has 0 aromatic heterocycles. The van der Waals surface area contributed by atoms with Crippen LogP contribution < -0.4 is 0 Å². The molecule has 0 spiro atoms. The molecule has 2 fully saturated rings. The molecule has 0 heterocycles. The molecule has 106 valence electrons. The summed E-state index contributed by atoms with van der Waals surface area (Å²) in [4.78, 5) is 0.226. The van der Waals surface area contributed by atoms with Crippen LogP contribution in [-0.2, 0) is 0 Å². The fourth-order valence-electron chi connectivity index (χ4n) is 4.77. The number of aliphatic hydroxyl groups excluding tert-OH is 2. The van der Waals surface area contributed by atoms with Crippen molar-refractivity contribution in [2.24, 2.45) is 23.2 Å². The summed E-state index contributed by atoms with van der Waals surface area (Å²) in [5.41, 5.74) is 0.333. The lowest BCUT2D eigenvalue weighted by molar-refractivity contribution is -0.0278. The Hall–Kier alpha value is 0.400. The fourth-order valence-corrected chi connectivity index (χ4v) is 5.36. The van der Waals surface area contributed by atoms with Gasteiger partial charge in [-0.3, -0.25) is 0 Å². The number of alkyl halides is 1. The predicted octanol–water partition coefficient (Wildman–Crippen LogP) is 3.35. The van der Waals surface area contributed by atoms with Gasteiger partial charge in [-0.25, -0.2) is 0 Å². The van der Waals surface area contributed by atoms with Crippen molar-refractivity contribution in [3.63, 3.8) is 0 Å². The quantitative estimate of drug-likeness (QED) is 0.780. The Kier molecular flexibility index (Phi) is 4.77. The van der Waals surface area contributed by atoms with E-state index in [-0.39, 0.29) is 17.5 Å². The van der Waals surface area contributed by atoms with Crippen molar-refractivity contribution in [3.05, 3.63) is 0 Å². The van der Waals surface area contributed by atoms with E-state index in [9.17, 15) is 10.2 Å². The lowest BCUT2D eigenvalue weighted by Gasteiger charge is -2.45. The van der Waals surface area contributed by atoms with E-state index in [1.165, 1.54) is 25.7 Å². The van der Waals surface area contributed by atoms with E-state index in [1.54, 1.807) is 0 Å². The van der Waals surface area contributed by atoms with Crippen LogP contribution in [0.2, 0.25) is 0 Å². The van der Waals surface area contributed by atoms with Gasteiger partial charge in [0.25, 0.3) is 0 Å². The first kappa shape index (κ1) is 14.8. The van der Waals surface area contributed by atoms with Gasteiger partial charge in [-0.2, -0.15) is 0 Å². The first-order valence-corrected chi connectivity index (χ1v) is 8.33. The Balaban J connectivity index is 2.05. The SMILES string of the molecule is CC(CC(Br)CO)C1CCC2C(O)CCCC12C. The van der Waals surface area contributed by atoms with Gasteiger partial charge >= 0.3 is 0 Å². The number of hydrogen-bond donors (Lipinski definition) is 2. The van der Waals surface area contributed by atoms with Crippen LogP contribution in [0.1, 0.15) is 52.4 Å². The van der Waals surface area contributed by atoms with E-state index in [4.69, 9.17) is 0 Å². The van der Waals surface area contributed by atoms with E-state index in [1.807, 2.05) is 0 Å². The van der Waals surface area contributed by atoms with Crippen LogP contribution in [0.25, 0.3) is 0 Å². The van der Waals surface area contributed by atoms with Gasteiger partial charge in [0, 0.05) is 4.83 Å². The number of hydrogen-bond acceptors (Lipinski definition) is 2. The Morgan fingerprint density at radius 3 is 2.72 bits per heavy atom. The summed E-state index contributed by atoms with van der Waals surface area (Å²) < 4.78 is 0. The van der Waals surface area contributed by atoms with E-state index < -0.39 is 0 Å². The van der Waals surface area contributed by atoms with Gasteiger partial charge in [-0.15, -0.1) is 0 Å². The first-order valence-electron chi connectivity index (χ1n) is 7.42. The maximum Gasteiger partial charge on any atom is 0.0573 e. The van der Waals surface area contributed by atoms with Gasteiger partial charge in [0.1, 0.15) is 0 Å². The van der Waals surface area contributed by atoms with Gasteiger partial charge in [-0.05, 0) is 55.3 Å². The second-order valence-corrected chi connectivity index (χ2v) is 8.04. The van der Waals surface area contributed by atoms with Crippen LogP contribution in [0.5, 0.6) is 0 Å². The second-order valence-electron chi connectivity index (χ2n) is 6.75. The molecule has 2 rings (SSSR count). The molecule has 0 amide bonds. The number of aliphatic hydroxyl groups is 2. The van der Waals surface area contributed by atoms with Crippen molar-refractivity contribution < 1.29 is 10.2 Å². The summed E-state index contributed by atoms with van der Waals surface area (Å²) in [7, 11) is 0. The van der Waals surface area contributed by atoms with Crippen molar-refractivity contribution in [2.75, 3.05) is 6.61 Å². The zero-order valence-corrected chi connectivity index (χ0v) is 13.2. The molecule has 0 aromatic carbocycles. The van der Waals surface area contributed by atoms with Crippen molar-refractivity contribution >= 4 is 15.9 Å². The Labute approximate surface area is 119 Å². The van der Waals surface area contributed by atoms with Gasteiger partial charge in [-0.1, -0.05) is 36.2 Å². The highest BCUT2D eigenvalue weighted by Gasteiger charge is 2.52. The normalized spacial score (nSPS) is 43.5. The summed E-state index contributed by atoms with van der Waals surface area (Å²) in [6.45, 7) is 4.94. The largest absolute Gasteiger partial charge is 0.395 e. The van der Waals surface area contributed by atoms with Crippen LogP contribution in [0.15, 0.2) is 0 Å². The molecule has 0 saturated heterocycles. The molecule has 2 aliphatic carbocycles. The molecule has 3 heteroatoms. The number of rotatable bonds is 4. The molecule has 2 N–H and O–H groups in total. The summed E-state index contributed by atoms with van der Waals surface area (Å²) in [6, 6.07) is 0. The highest BCUT2D eigenvalue weighted by molar-refractivity contribution is 9.09. The minimum Gasteiger partial charge on any atom is -0.395 e. The Bertz CT molecular complexity index is 284. The average molecular weight is 319 g/mol. The zero-order chi connectivity index (χ0) is 13.3. The average Bonchev–Trinajstić information content (AvgIpc) is 2.67. The van der Waals surface area contributed by atoms with Crippen molar-refractivity contribution in [3.8, 4) is 0 Å². The molecule has 2 nitrogen and oxygen atoms in total. The molecule has 0 bridgehead atoms. The monoisotopic (exact) mass is 318 g/mol. The molecular formula is C15H27BrO2. The maximum atomic E-state index is 10.2. The molecule has 18 heavy (non-hydrogen) atoms. The topological polar surface area (TPSA) is 40.5 Å². The van der Waals surface area contributed by atoms with Crippen molar-refractivity contribution in [1.82, 2.24) is 0 Å². The molecule has 6 atom stereocenters. The second kappa shape index (κ2) is 5.80. The standard InChI is InChI=1S/C15H27BrO2/c1-10(8-11(16)9-17)12-5-6-13-14(18)4-3-7-15(12,13)2/h10-14,17-18H,3-9H2,1-2H3. The molecule has 0 aromatic rings. The maximum absolute atomic E-state index is 10.2. The van der Waals surface area contributed by atoms with Crippen LogP contribution >= 0.6 is 15.9 Å². The van der Waals surface area contributed by atoms with Gasteiger partial charge in [0.2, 0.25) is 0 Å². The van der Waals surface area contributed by atoms with Crippen LogP contribution in [0.4, 0.5) is 0 Å². The molecule has 0 aliphatic heterocycles. The smallest absolute Gasteiger partial charge is 0.0573 e. The number of fused-ring (bicyclic) bond motifs is 1. The van der Waals surface area contributed by atoms with Crippen LogP contribution in [-0.4, -0.2) is 27.8 Å². The predicted molar refractivity (Wildman–Crippen MR) is 77.8 cm³/mol. The highest BCUT2D eigenvalue weighted by atomic mass is 79.9. The van der Waals surface area contributed by atoms with Gasteiger partial charge in [0.15, 0.2) is 0 Å². The molecule has 6 unspecified atom stereocenters. The third-order valence-electron chi connectivity index (χ3n) is 5.68. The van der Waals surface area contributed by atoms with E-state index in [2.05, 4.69) is 29.8 Å². The number of halogens is 1. The molecule has 2 aliphatic rings. The lowest BCUT2D eigenvalue weighted by atomic mass is 9.61. The lowest BCUT2D eigenvalue weighted by Crippen LogP contribution is -2.41. The minimum atomic E-state index is -0.0708. The highest BCUT2D eigenvalue weighted by Crippen LogP contribution is 2.58. The van der Waals surface area contributed by atoms with Crippen LogP contribution in [0.3, 0.4) is 0 Å². The fraction of sp³-hybridized carbons (Fsp3) is 1.00. The van der Waals surface area contributed by atoms with Crippen LogP contribution in [0, 0.1) is 23.2 Å². The van der Waals surface area contributed by atoms with Crippen molar-refractivity contribution in [1.29, 1.82) is 0 Å². The molecule has 2 saturated carbocycles. The van der Waals surface area contributed by atoms with Crippen molar-refractivity contribution in [2.45, 2.75) is 63.3 Å². The van der Waals surface area contributed by atoms with Gasteiger partial charge in [0.05, 0.1) is 12.7 Å². The van der Waals surface area contributed by atoms with Gasteiger partial charge < -0.3 is 10.2 Å². The Morgan fingerprint density at radius 2 is 2.06 bits per heavy atom. The summed E-state index contributed by atoms with van der Waals surface area (Å²) >= 11 is 3.54. The zero-order valence-electron chi connectivity index (χ0n) is 11.6. The summed E-state index contributed by atoms with van der Waals surface area (Å²) in [5, 5.41) is 19.4.